The Morgan fingerprint density at radius 1 is 1.33 bits per heavy atom. The van der Waals surface area contributed by atoms with Gasteiger partial charge in [-0.1, -0.05) is 0 Å². The van der Waals surface area contributed by atoms with Gasteiger partial charge >= 0.3 is 0 Å². The van der Waals surface area contributed by atoms with Crippen molar-refractivity contribution in [3.8, 4) is 0 Å². The molecule has 0 spiro atoms. The average Bonchev–Trinajstić information content (AvgIpc) is 2.09. The standard InChI is InChI=1S/C11H21FN2O/c1-8(2)13(5)10(15)11(12)6-14(7-11)9(3)4/h8-9H,6-7H2,1-5H3. The highest BCUT2D eigenvalue weighted by atomic mass is 19.1. The molecule has 0 atom stereocenters. The molecule has 1 amide bonds. The minimum absolute atomic E-state index is 0.0539. The summed E-state index contributed by atoms with van der Waals surface area (Å²) < 4.78 is 14.1. The Morgan fingerprint density at radius 3 is 2.13 bits per heavy atom. The van der Waals surface area contributed by atoms with E-state index in [1.165, 1.54) is 4.90 Å². The molecular formula is C11H21FN2O. The topological polar surface area (TPSA) is 23.6 Å². The molecule has 1 rings (SSSR count). The first-order valence-corrected chi connectivity index (χ1v) is 5.48. The van der Waals surface area contributed by atoms with Crippen LogP contribution in [0.4, 0.5) is 4.39 Å². The minimum atomic E-state index is -1.65. The summed E-state index contributed by atoms with van der Waals surface area (Å²) >= 11 is 0. The molecule has 0 bridgehead atoms. The largest absolute Gasteiger partial charge is 0.340 e. The Labute approximate surface area is 91.2 Å². The lowest BCUT2D eigenvalue weighted by Crippen LogP contribution is -2.68. The zero-order chi connectivity index (χ0) is 11.8. The number of alkyl halides is 1. The van der Waals surface area contributed by atoms with Crippen LogP contribution in [0.25, 0.3) is 0 Å². The van der Waals surface area contributed by atoms with Crippen LogP contribution in [0.5, 0.6) is 0 Å². The SMILES string of the molecule is CC(C)N1CC(F)(C(=O)N(C)C(C)C)C1. The predicted octanol–water partition coefficient (Wildman–Crippen LogP) is 1.29. The van der Waals surface area contributed by atoms with Crippen molar-refractivity contribution < 1.29 is 9.18 Å². The van der Waals surface area contributed by atoms with E-state index in [9.17, 15) is 9.18 Å². The first-order valence-electron chi connectivity index (χ1n) is 5.48. The summed E-state index contributed by atoms with van der Waals surface area (Å²) in [6, 6.07) is 0.365. The number of carbonyl (C=O) groups excluding carboxylic acids is 1. The van der Waals surface area contributed by atoms with Gasteiger partial charge < -0.3 is 4.90 Å². The van der Waals surface area contributed by atoms with E-state index in [-0.39, 0.29) is 25.0 Å². The molecule has 88 valence electrons. The third kappa shape index (κ3) is 2.30. The van der Waals surface area contributed by atoms with Gasteiger partial charge in [0, 0.05) is 32.2 Å². The van der Waals surface area contributed by atoms with E-state index in [0.29, 0.717) is 6.04 Å². The number of hydrogen-bond acceptors (Lipinski definition) is 2. The van der Waals surface area contributed by atoms with Crippen molar-refractivity contribution in [3.05, 3.63) is 0 Å². The molecule has 0 N–H and O–H groups in total. The molecule has 0 saturated carbocycles. The first kappa shape index (κ1) is 12.4. The van der Waals surface area contributed by atoms with Crippen LogP contribution < -0.4 is 0 Å². The Kier molecular flexibility index (Phi) is 3.38. The van der Waals surface area contributed by atoms with Crippen molar-refractivity contribution in [1.29, 1.82) is 0 Å². The molecule has 0 aliphatic carbocycles. The zero-order valence-corrected chi connectivity index (χ0v) is 10.2. The number of hydrogen-bond donors (Lipinski definition) is 0. The smallest absolute Gasteiger partial charge is 0.262 e. The molecule has 1 saturated heterocycles. The molecule has 4 heteroatoms. The molecule has 1 fully saturated rings. The van der Waals surface area contributed by atoms with Crippen LogP contribution in [-0.4, -0.2) is 53.6 Å². The predicted molar refractivity (Wildman–Crippen MR) is 58.5 cm³/mol. The van der Waals surface area contributed by atoms with Gasteiger partial charge in [0.15, 0.2) is 0 Å². The Balaban J connectivity index is 2.56. The molecule has 1 aliphatic heterocycles. The van der Waals surface area contributed by atoms with E-state index in [4.69, 9.17) is 0 Å². The average molecular weight is 216 g/mol. The number of rotatable bonds is 3. The van der Waals surface area contributed by atoms with Crippen LogP contribution in [0.1, 0.15) is 27.7 Å². The van der Waals surface area contributed by atoms with Gasteiger partial charge in [-0.05, 0) is 27.7 Å². The fourth-order valence-corrected chi connectivity index (χ4v) is 1.65. The highest BCUT2D eigenvalue weighted by Gasteiger charge is 2.52. The Morgan fingerprint density at radius 2 is 1.80 bits per heavy atom. The monoisotopic (exact) mass is 216 g/mol. The van der Waals surface area contributed by atoms with Crippen LogP contribution >= 0.6 is 0 Å². The van der Waals surface area contributed by atoms with Crippen molar-refractivity contribution in [3.63, 3.8) is 0 Å². The molecule has 3 nitrogen and oxygen atoms in total. The maximum Gasteiger partial charge on any atom is 0.262 e. The summed E-state index contributed by atoms with van der Waals surface area (Å²) in [6.45, 7) is 8.27. The molecule has 0 unspecified atom stereocenters. The molecule has 1 aliphatic rings. The highest BCUT2D eigenvalue weighted by molar-refractivity contribution is 5.86. The third-order valence-electron chi connectivity index (χ3n) is 3.12. The second kappa shape index (κ2) is 4.08. The van der Waals surface area contributed by atoms with Crippen LogP contribution in [0.15, 0.2) is 0 Å². The van der Waals surface area contributed by atoms with Crippen molar-refractivity contribution in [2.75, 3.05) is 20.1 Å². The van der Waals surface area contributed by atoms with E-state index >= 15 is 0 Å². The summed E-state index contributed by atoms with van der Waals surface area (Å²) in [5, 5.41) is 0. The van der Waals surface area contributed by atoms with Crippen molar-refractivity contribution >= 4 is 5.91 Å². The maximum absolute atomic E-state index is 14.1. The number of likely N-dealkylation sites (tertiary alicyclic amines) is 1. The van der Waals surface area contributed by atoms with E-state index in [0.717, 1.165) is 0 Å². The van der Waals surface area contributed by atoms with E-state index in [2.05, 4.69) is 0 Å². The zero-order valence-electron chi connectivity index (χ0n) is 10.2. The summed E-state index contributed by atoms with van der Waals surface area (Å²) in [7, 11) is 1.66. The Bertz CT molecular complexity index is 247. The molecule has 0 aromatic carbocycles. The Hall–Kier alpha value is -0.640. The van der Waals surface area contributed by atoms with Crippen LogP contribution in [0.2, 0.25) is 0 Å². The van der Waals surface area contributed by atoms with Crippen LogP contribution in [0, 0.1) is 0 Å². The summed E-state index contributed by atoms with van der Waals surface area (Å²) in [5.74, 6) is -0.380. The van der Waals surface area contributed by atoms with E-state index in [1.54, 1.807) is 7.05 Å². The third-order valence-corrected chi connectivity index (χ3v) is 3.12. The van der Waals surface area contributed by atoms with Crippen molar-refractivity contribution in [1.82, 2.24) is 9.80 Å². The number of nitrogens with zero attached hydrogens (tertiary/aromatic N) is 2. The van der Waals surface area contributed by atoms with Gasteiger partial charge in [0.05, 0.1) is 0 Å². The second-order valence-corrected chi connectivity index (χ2v) is 4.97. The van der Waals surface area contributed by atoms with Gasteiger partial charge in [-0.2, -0.15) is 0 Å². The lowest BCUT2D eigenvalue weighted by Gasteiger charge is -2.47. The van der Waals surface area contributed by atoms with Crippen LogP contribution in [-0.2, 0) is 4.79 Å². The maximum atomic E-state index is 14.1. The quantitative estimate of drug-likeness (QED) is 0.709. The van der Waals surface area contributed by atoms with Gasteiger partial charge in [-0.25, -0.2) is 4.39 Å². The van der Waals surface area contributed by atoms with Crippen LogP contribution in [0.3, 0.4) is 0 Å². The van der Waals surface area contributed by atoms with Gasteiger partial charge in [0.25, 0.3) is 5.91 Å². The second-order valence-electron chi connectivity index (χ2n) is 4.97. The van der Waals surface area contributed by atoms with E-state index in [1.807, 2.05) is 32.6 Å². The van der Waals surface area contributed by atoms with Crippen molar-refractivity contribution in [2.24, 2.45) is 0 Å². The number of halogens is 1. The van der Waals surface area contributed by atoms with Crippen molar-refractivity contribution in [2.45, 2.75) is 45.4 Å². The first-order chi connectivity index (χ1) is 6.78. The number of carbonyl (C=O) groups is 1. The fraction of sp³-hybridized carbons (Fsp3) is 0.909. The molecule has 0 radical (unpaired) electrons. The molecule has 0 aromatic heterocycles. The lowest BCUT2D eigenvalue weighted by atomic mass is 9.92. The minimum Gasteiger partial charge on any atom is -0.340 e. The molecule has 0 aromatic rings. The van der Waals surface area contributed by atoms with Gasteiger partial charge in [-0.3, -0.25) is 9.69 Å². The van der Waals surface area contributed by atoms with E-state index < -0.39 is 5.67 Å². The van der Waals surface area contributed by atoms with Gasteiger partial charge in [-0.15, -0.1) is 0 Å². The molecule has 1 heterocycles. The molecular weight excluding hydrogens is 195 g/mol. The molecule has 15 heavy (non-hydrogen) atoms. The highest BCUT2D eigenvalue weighted by Crippen LogP contribution is 2.29. The summed E-state index contributed by atoms with van der Waals surface area (Å²) in [5.41, 5.74) is -1.65. The normalized spacial score (nSPS) is 20.5. The lowest BCUT2D eigenvalue weighted by molar-refractivity contribution is -0.158. The fourth-order valence-electron chi connectivity index (χ4n) is 1.65. The van der Waals surface area contributed by atoms with Gasteiger partial charge in [0.1, 0.15) is 0 Å². The van der Waals surface area contributed by atoms with Gasteiger partial charge in [0.2, 0.25) is 5.67 Å². The summed E-state index contributed by atoms with van der Waals surface area (Å²) in [6.07, 6.45) is 0. The number of amides is 1. The summed E-state index contributed by atoms with van der Waals surface area (Å²) in [4.78, 5) is 15.2.